The quantitative estimate of drug-likeness (QED) is 0.642. The standard InChI is InChI=1S/C9H20N2O/c1-4-11-6-8(5-10(2)3)9(12)7-11/h8-9,12H,4-7H2,1-3H3. The van der Waals surface area contributed by atoms with E-state index < -0.39 is 0 Å². The maximum atomic E-state index is 9.67. The van der Waals surface area contributed by atoms with Crippen LogP contribution in [-0.4, -0.2) is 61.3 Å². The fourth-order valence-electron chi connectivity index (χ4n) is 1.85. The van der Waals surface area contributed by atoms with Gasteiger partial charge in [0.25, 0.3) is 0 Å². The van der Waals surface area contributed by atoms with Crippen LogP contribution < -0.4 is 0 Å². The Labute approximate surface area is 75.0 Å². The van der Waals surface area contributed by atoms with E-state index in [0.717, 1.165) is 26.2 Å². The van der Waals surface area contributed by atoms with Gasteiger partial charge >= 0.3 is 0 Å². The van der Waals surface area contributed by atoms with Gasteiger partial charge in [0.05, 0.1) is 6.10 Å². The average Bonchev–Trinajstić information content (AvgIpc) is 2.31. The van der Waals surface area contributed by atoms with E-state index in [1.807, 2.05) is 0 Å². The van der Waals surface area contributed by atoms with Crippen molar-refractivity contribution < 1.29 is 5.11 Å². The van der Waals surface area contributed by atoms with Crippen molar-refractivity contribution in [2.45, 2.75) is 13.0 Å². The Hall–Kier alpha value is -0.120. The molecule has 1 rings (SSSR count). The lowest BCUT2D eigenvalue weighted by molar-refractivity contribution is 0.126. The Morgan fingerprint density at radius 1 is 1.42 bits per heavy atom. The van der Waals surface area contributed by atoms with Crippen LogP contribution in [0, 0.1) is 5.92 Å². The van der Waals surface area contributed by atoms with E-state index >= 15 is 0 Å². The zero-order valence-corrected chi connectivity index (χ0v) is 8.32. The Kier molecular flexibility index (Phi) is 3.50. The minimum Gasteiger partial charge on any atom is -0.391 e. The normalized spacial score (nSPS) is 31.8. The molecule has 1 aliphatic rings. The molecule has 0 bridgehead atoms. The SMILES string of the molecule is CCN1CC(O)C(CN(C)C)C1. The minimum atomic E-state index is -0.118. The minimum absolute atomic E-state index is 0.118. The van der Waals surface area contributed by atoms with Crippen LogP contribution in [0.15, 0.2) is 0 Å². The maximum Gasteiger partial charge on any atom is 0.0719 e. The van der Waals surface area contributed by atoms with Gasteiger partial charge in [-0.25, -0.2) is 0 Å². The first-order chi connectivity index (χ1) is 5.63. The summed E-state index contributed by atoms with van der Waals surface area (Å²) >= 11 is 0. The molecule has 0 saturated carbocycles. The molecule has 0 amide bonds. The molecule has 72 valence electrons. The zero-order valence-electron chi connectivity index (χ0n) is 8.32. The molecular formula is C9H20N2O. The van der Waals surface area contributed by atoms with Crippen molar-refractivity contribution in [3.8, 4) is 0 Å². The Bertz CT molecular complexity index is 138. The molecule has 0 aliphatic carbocycles. The number of likely N-dealkylation sites (tertiary alicyclic amines) is 1. The molecule has 3 heteroatoms. The summed E-state index contributed by atoms with van der Waals surface area (Å²) in [5, 5.41) is 9.67. The van der Waals surface area contributed by atoms with Gasteiger partial charge in [-0.3, -0.25) is 0 Å². The van der Waals surface area contributed by atoms with Crippen molar-refractivity contribution >= 4 is 0 Å². The molecule has 1 aliphatic heterocycles. The van der Waals surface area contributed by atoms with Crippen LogP contribution in [0.2, 0.25) is 0 Å². The van der Waals surface area contributed by atoms with Crippen molar-refractivity contribution in [2.24, 2.45) is 5.92 Å². The lowest BCUT2D eigenvalue weighted by Crippen LogP contribution is -2.29. The summed E-state index contributed by atoms with van der Waals surface area (Å²) in [6.45, 7) is 6.11. The second-order valence-corrected chi connectivity index (χ2v) is 3.94. The van der Waals surface area contributed by atoms with Crippen molar-refractivity contribution in [3.63, 3.8) is 0 Å². The van der Waals surface area contributed by atoms with Crippen molar-refractivity contribution in [2.75, 3.05) is 40.3 Å². The van der Waals surface area contributed by atoms with E-state index in [-0.39, 0.29) is 6.10 Å². The Morgan fingerprint density at radius 3 is 2.50 bits per heavy atom. The smallest absolute Gasteiger partial charge is 0.0719 e. The highest BCUT2D eigenvalue weighted by Gasteiger charge is 2.30. The van der Waals surface area contributed by atoms with Crippen molar-refractivity contribution in [1.29, 1.82) is 0 Å². The van der Waals surface area contributed by atoms with E-state index in [1.54, 1.807) is 0 Å². The molecule has 0 radical (unpaired) electrons. The molecule has 0 aromatic rings. The summed E-state index contributed by atoms with van der Waals surface area (Å²) < 4.78 is 0. The first kappa shape index (κ1) is 9.96. The van der Waals surface area contributed by atoms with Gasteiger partial charge in [0.1, 0.15) is 0 Å². The fourth-order valence-corrected chi connectivity index (χ4v) is 1.85. The highest BCUT2D eigenvalue weighted by atomic mass is 16.3. The predicted octanol–water partition coefficient (Wildman–Crippen LogP) is -0.139. The van der Waals surface area contributed by atoms with Gasteiger partial charge in [0.2, 0.25) is 0 Å². The molecule has 2 unspecified atom stereocenters. The van der Waals surface area contributed by atoms with Crippen LogP contribution in [0.25, 0.3) is 0 Å². The molecule has 3 nitrogen and oxygen atoms in total. The van der Waals surface area contributed by atoms with Crippen molar-refractivity contribution in [1.82, 2.24) is 9.80 Å². The van der Waals surface area contributed by atoms with E-state index in [0.29, 0.717) is 5.92 Å². The van der Waals surface area contributed by atoms with E-state index in [1.165, 1.54) is 0 Å². The van der Waals surface area contributed by atoms with Gasteiger partial charge in [-0.1, -0.05) is 6.92 Å². The second-order valence-electron chi connectivity index (χ2n) is 3.94. The molecular weight excluding hydrogens is 152 g/mol. The van der Waals surface area contributed by atoms with E-state index in [4.69, 9.17) is 0 Å². The molecule has 0 aromatic carbocycles. The molecule has 0 spiro atoms. The summed E-state index contributed by atoms with van der Waals surface area (Å²) in [7, 11) is 4.11. The summed E-state index contributed by atoms with van der Waals surface area (Å²) in [6, 6.07) is 0. The molecule has 12 heavy (non-hydrogen) atoms. The molecule has 0 aromatic heterocycles. The van der Waals surface area contributed by atoms with Gasteiger partial charge in [-0.05, 0) is 20.6 Å². The van der Waals surface area contributed by atoms with Gasteiger partial charge < -0.3 is 14.9 Å². The monoisotopic (exact) mass is 172 g/mol. The van der Waals surface area contributed by atoms with E-state index in [2.05, 4.69) is 30.8 Å². The second kappa shape index (κ2) is 4.21. The van der Waals surface area contributed by atoms with Crippen LogP contribution in [0.5, 0.6) is 0 Å². The van der Waals surface area contributed by atoms with Gasteiger partial charge in [-0.15, -0.1) is 0 Å². The third-order valence-corrected chi connectivity index (χ3v) is 2.53. The highest BCUT2D eigenvalue weighted by Crippen LogP contribution is 2.16. The number of aliphatic hydroxyl groups excluding tert-OH is 1. The number of hydrogen-bond donors (Lipinski definition) is 1. The maximum absolute atomic E-state index is 9.67. The summed E-state index contributed by atoms with van der Waals surface area (Å²) in [4.78, 5) is 4.45. The van der Waals surface area contributed by atoms with Crippen LogP contribution in [0.3, 0.4) is 0 Å². The number of nitrogens with zero attached hydrogens (tertiary/aromatic N) is 2. The first-order valence-electron chi connectivity index (χ1n) is 4.68. The van der Waals surface area contributed by atoms with Crippen LogP contribution in [0.4, 0.5) is 0 Å². The summed E-state index contributed by atoms with van der Waals surface area (Å²) in [6.07, 6.45) is -0.118. The molecule has 1 saturated heterocycles. The first-order valence-corrected chi connectivity index (χ1v) is 4.68. The third kappa shape index (κ3) is 2.44. The fraction of sp³-hybridized carbons (Fsp3) is 1.00. The van der Waals surface area contributed by atoms with Crippen molar-refractivity contribution in [3.05, 3.63) is 0 Å². The summed E-state index contributed by atoms with van der Waals surface area (Å²) in [5.74, 6) is 0.444. The summed E-state index contributed by atoms with van der Waals surface area (Å²) in [5.41, 5.74) is 0. The molecule has 1 heterocycles. The topological polar surface area (TPSA) is 26.7 Å². The zero-order chi connectivity index (χ0) is 9.14. The third-order valence-electron chi connectivity index (χ3n) is 2.53. The van der Waals surface area contributed by atoms with Gasteiger partial charge in [0, 0.05) is 25.6 Å². The molecule has 2 atom stereocenters. The Balaban J connectivity index is 2.35. The Morgan fingerprint density at radius 2 is 2.08 bits per heavy atom. The number of hydrogen-bond acceptors (Lipinski definition) is 3. The average molecular weight is 172 g/mol. The van der Waals surface area contributed by atoms with Crippen LogP contribution in [0.1, 0.15) is 6.92 Å². The lowest BCUT2D eigenvalue weighted by atomic mass is 10.1. The largest absolute Gasteiger partial charge is 0.391 e. The highest BCUT2D eigenvalue weighted by molar-refractivity contribution is 4.84. The van der Waals surface area contributed by atoms with E-state index in [9.17, 15) is 5.11 Å². The number of likely N-dealkylation sites (N-methyl/N-ethyl adjacent to an activating group) is 1. The number of β-amino-alcohol motifs (C(OH)–C–C–N with tert-alkyl or cyclic N) is 1. The molecule has 1 N–H and O–H groups in total. The number of aliphatic hydroxyl groups is 1. The van der Waals surface area contributed by atoms with Crippen LogP contribution >= 0.6 is 0 Å². The van der Waals surface area contributed by atoms with Gasteiger partial charge in [-0.2, -0.15) is 0 Å². The number of rotatable bonds is 3. The van der Waals surface area contributed by atoms with Crippen LogP contribution in [-0.2, 0) is 0 Å². The predicted molar refractivity (Wildman–Crippen MR) is 50.2 cm³/mol. The molecule has 1 fully saturated rings. The lowest BCUT2D eigenvalue weighted by Gasteiger charge is -2.18. The van der Waals surface area contributed by atoms with Gasteiger partial charge in [0.15, 0.2) is 0 Å².